The van der Waals surface area contributed by atoms with Crippen molar-refractivity contribution < 1.29 is 0 Å². The van der Waals surface area contributed by atoms with Crippen LogP contribution in [0.4, 0.5) is 11.5 Å². The summed E-state index contributed by atoms with van der Waals surface area (Å²) >= 11 is 0. The van der Waals surface area contributed by atoms with Gasteiger partial charge in [-0.2, -0.15) is 5.10 Å². The summed E-state index contributed by atoms with van der Waals surface area (Å²) in [5.41, 5.74) is 3.75. The Bertz CT molecular complexity index is 965. The second-order valence-electron chi connectivity index (χ2n) is 8.49. The van der Waals surface area contributed by atoms with Crippen molar-refractivity contribution in [2.75, 3.05) is 55.6 Å². The van der Waals surface area contributed by atoms with E-state index in [9.17, 15) is 0 Å². The first-order valence-corrected chi connectivity index (χ1v) is 11.4. The molecule has 0 atom stereocenters. The molecule has 30 heavy (non-hydrogen) atoms. The number of piperazine rings is 1. The number of aromatic nitrogens is 3. The Balaban J connectivity index is 1.25. The average Bonchev–Trinajstić information content (AvgIpc) is 3.47. The van der Waals surface area contributed by atoms with E-state index in [1.807, 2.05) is 6.20 Å². The Labute approximate surface area is 179 Å². The summed E-state index contributed by atoms with van der Waals surface area (Å²) < 4.78 is 2.09. The third kappa shape index (κ3) is 4.01. The lowest BCUT2D eigenvalue weighted by atomic mass is 10.1. The van der Waals surface area contributed by atoms with Gasteiger partial charge in [0.15, 0.2) is 5.65 Å². The van der Waals surface area contributed by atoms with Gasteiger partial charge in [-0.05, 0) is 62.2 Å². The number of pyridine rings is 1. The number of benzene rings is 1. The minimum Gasteiger partial charge on any atom is -0.368 e. The molecule has 0 N–H and O–H groups in total. The van der Waals surface area contributed by atoms with Crippen LogP contribution in [0.3, 0.4) is 0 Å². The van der Waals surface area contributed by atoms with Crippen molar-refractivity contribution in [1.29, 1.82) is 0 Å². The molecule has 2 aliphatic heterocycles. The largest absolute Gasteiger partial charge is 0.368 e. The maximum atomic E-state index is 5.01. The summed E-state index contributed by atoms with van der Waals surface area (Å²) in [6.45, 7) is 10.7. The second kappa shape index (κ2) is 8.64. The SMILES string of the molecule is CCc1ccc(N2CCN(c3ccc4cnn(CCN5CCCC5)c4n3)CC2)cc1. The van der Waals surface area contributed by atoms with Crippen LogP contribution < -0.4 is 9.80 Å². The van der Waals surface area contributed by atoms with Crippen molar-refractivity contribution in [2.45, 2.75) is 32.7 Å². The van der Waals surface area contributed by atoms with Crippen molar-refractivity contribution >= 4 is 22.5 Å². The highest BCUT2D eigenvalue weighted by Crippen LogP contribution is 2.22. The fraction of sp³-hybridized carbons (Fsp3) is 0.500. The van der Waals surface area contributed by atoms with E-state index in [1.54, 1.807) is 0 Å². The van der Waals surface area contributed by atoms with Crippen LogP contribution >= 0.6 is 0 Å². The lowest BCUT2D eigenvalue weighted by molar-refractivity contribution is 0.317. The molecule has 0 saturated carbocycles. The number of nitrogens with zero attached hydrogens (tertiary/aromatic N) is 6. The first-order chi connectivity index (χ1) is 14.8. The zero-order chi connectivity index (χ0) is 20.3. The average molecular weight is 405 g/mol. The molecule has 2 fully saturated rings. The molecular formula is C24H32N6. The molecule has 0 spiro atoms. The van der Waals surface area contributed by atoms with Crippen molar-refractivity contribution in [3.63, 3.8) is 0 Å². The van der Waals surface area contributed by atoms with E-state index in [-0.39, 0.29) is 0 Å². The number of likely N-dealkylation sites (tertiary alicyclic amines) is 1. The van der Waals surface area contributed by atoms with E-state index in [2.05, 4.69) is 67.8 Å². The van der Waals surface area contributed by atoms with Crippen LogP contribution in [0.2, 0.25) is 0 Å². The van der Waals surface area contributed by atoms with Crippen LogP contribution in [-0.4, -0.2) is 65.5 Å². The smallest absolute Gasteiger partial charge is 0.160 e. The topological polar surface area (TPSA) is 40.4 Å². The summed E-state index contributed by atoms with van der Waals surface area (Å²) in [4.78, 5) is 12.4. The highest BCUT2D eigenvalue weighted by Gasteiger charge is 2.19. The van der Waals surface area contributed by atoms with Gasteiger partial charge in [-0.15, -0.1) is 0 Å². The van der Waals surface area contributed by atoms with Crippen molar-refractivity contribution in [2.24, 2.45) is 0 Å². The molecule has 0 amide bonds. The molecular weight excluding hydrogens is 372 g/mol. The molecule has 4 heterocycles. The number of rotatable bonds is 6. The first kappa shape index (κ1) is 19.4. The molecule has 0 bridgehead atoms. The molecule has 6 nitrogen and oxygen atoms in total. The van der Waals surface area contributed by atoms with Crippen LogP contribution in [0.5, 0.6) is 0 Å². The van der Waals surface area contributed by atoms with Gasteiger partial charge in [0.25, 0.3) is 0 Å². The quantitative estimate of drug-likeness (QED) is 0.630. The van der Waals surface area contributed by atoms with Crippen LogP contribution in [0.25, 0.3) is 11.0 Å². The van der Waals surface area contributed by atoms with Crippen LogP contribution in [0.15, 0.2) is 42.6 Å². The molecule has 0 aliphatic carbocycles. The first-order valence-electron chi connectivity index (χ1n) is 11.4. The summed E-state index contributed by atoms with van der Waals surface area (Å²) in [6, 6.07) is 13.4. The third-order valence-electron chi connectivity index (χ3n) is 6.61. The molecule has 2 saturated heterocycles. The van der Waals surface area contributed by atoms with Crippen molar-refractivity contribution in [1.82, 2.24) is 19.7 Å². The molecule has 3 aromatic rings. The zero-order valence-electron chi connectivity index (χ0n) is 18.0. The van der Waals surface area contributed by atoms with Crippen LogP contribution in [0.1, 0.15) is 25.3 Å². The minimum absolute atomic E-state index is 0.918. The number of fused-ring (bicyclic) bond motifs is 1. The lowest BCUT2D eigenvalue weighted by Crippen LogP contribution is -2.46. The Morgan fingerprint density at radius 3 is 2.27 bits per heavy atom. The molecule has 2 aliphatic rings. The van der Waals surface area contributed by atoms with Gasteiger partial charge in [0.05, 0.1) is 12.7 Å². The Hall–Kier alpha value is -2.60. The van der Waals surface area contributed by atoms with E-state index in [4.69, 9.17) is 4.98 Å². The number of hydrogen-bond acceptors (Lipinski definition) is 5. The highest BCUT2D eigenvalue weighted by molar-refractivity contribution is 5.76. The third-order valence-corrected chi connectivity index (χ3v) is 6.61. The van der Waals surface area contributed by atoms with Crippen molar-refractivity contribution in [3.05, 3.63) is 48.2 Å². The standard InChI is InChI=1S/C24H32N6/c1-2-20-5-8-22(9-6-20)28-14-16-29(17-15-28)23-10-7-21-19-25-30(24(21)26-23)18-13-27-11-3-4-12-27/h5-10,19H,2-4,11-18H2,1H3. The zero-order valence-corrected chi connectivity index (χ0v) is 18.0. The monoisotopic (exact) mass is 404 g/mol. The molecule has 0 unspecified atom stereocenters. The molecule has 0 radical (unpaired) electrons. The summed E-state index contributed by atoms with van der Waals surface area (Å²) in [7, 11) is 0. The molecule has 5 rings (SSSR count). The predicted molar refractivity (Wildman–Crippen MR) is 123 cm³/mol. The fourth-order valence-corrected chi connectivity index (χ4v) is 4.66. The maximum absolute atomic E-state index is 5.01. The number of aryl methyl sites for hydroxylation is 1. The number of hydrogen-bond donors (Lipinski definition) is 0. The van der Waals surface area contributed by atoms with Gasteiger partial charge in [0.2, 0.25) is 0 Å². The Kier molecular flexibility index (Phi) is 5.58. The van der Waals surface area contributed by atoms with E-state index in [1.165, 1.54) is 37.2 Å². The van der Waals surface area contributed by atoms with E-state index in [0.29, 0.717) is 0 Å². The molecule has 2 aromatic heterocycles. The minimum atomic E-state index is 0.918. The molecule has 158 valence electrons. The summed E-state index contributed by atoms with van der Waals surface area (Å²) in [5.74, 6) is 1.08. The van der Waals surface area contributed by atoms with Gasteiger partial charge >= 0.3 is 0 Å². The van der Waals surface area contributed by atoms with Gasteiger partial charge in [0, 0.05) is 43.8 Å². The van der Waals surface area contributed by atoms with Gasteiger partial charge in [-0.3, -0.25) is 0 Å². The number of anilines is 2. The van der Waals surface area contributed by atoms with Crippen LogP contribution in [-0.2, 0) is 13.0 Å². The Morgan fingerprint density at radius 1 is 0.800 bits per heavy atom. The van der Waals surface area contributed by atoms with Gasteiger partial charge in [-0.25, -0.2) is 9.67 Å². The maximum Gasteiger partial charge on any atom is 0.160 e. The van der Waals surface area contributed by atoms with Gasteiger partial charge in [-0.1, -0.05) is 19.1 Å². The van der Waals surface area contributed by atoms with Gasteiger partial charge < -0.3 is 14.7 Å². The molecule has 1 aromatic carbocycles. The second-order valence-corrected chi connectivity index (χ2v) is 8.49. The van der Waals surface area contributed by atoms with E-state index >= 15 is 0 Å². The summed E-state index contributed by atoms with van der Waals surface area (Å²) in [5, 5.41) is 5.74. The van der Waals surface area contributed by atoms with E-state index < -0.39 is 0 Å². The summed E-state index contributed by atoms with van der Waals surface area (Å²) in [6.07, 6.45) is 5.71. The van der Waals surface area contributed by atoms with Crippen LogP contribution in [0, 0.1) is 0 Å². The normalized spacial score (nSPS) is 17.9. The highest BCUT2D eigenvalue weighted by atomic mass is 15.3. The predicted octanol–water partition coefficient (Wildman–Crippen LogP) is 3.42. The van der Waals surface area contributed by atoms with E-state index in [0.717, 1.165) is 62.5 Å². The fourth-order valence-electron chi connectivity index (χ4n) is 4.66. The Morgan fingerprint density at radius 2 is 1.53 bits per heavy atom. The van der Waals surface area contributed by atoms with Gasteiger partial charge in [0.1, 0.15) is 5.82 Å². The lowest BCUT2D eigenvalue weighted by Gasteiger charge is -2.36. The molecule has 6 heteroatoms. The van der Waals surface area contributed by atoms with Crippen molar-refractivity contribution in [3.8, 4) is 0 Å².